The van der Waals surface area contributed by atoms with Gasteiger partial charge in [-0.05, 0) is 30.8 Å². The number of aryl methyl sites for hydroxylation is 1. The quantitative estimate of drug-likeness (QED) is 0.862. The van der Waals surface area contributed by atoms with Crippen LogP contribution in [0.5, 0.6) is 5.75 Å². The van der Waals surface area contributed by atoms with E-state index in [0.717, 1.165) is 17.8 Å². The Labute approximate surface area is 110 Å². The van der Waals surface area contributed by atoms with Crippen LogP contribution in [0.4, 0.5) is 0 Å². The van der Waals surface area contributed by atoms with Crippen molar-refractivity contribution in [2.24, 2.45) is 0 Å². The zero-order chi connectivity index (χ0) is 13.1. The van der Waals surface area contributed by atoms with Gasteiger partial charge in [0, 0.05) is 18.0 Å². The van der Waals surface area contributed by atoms with Crippen LogP contribution in [0.15, 0.2) is 24.4 Å². The van der Waals surface area contributed by atoms with E-state index in [1.807, 2.05) is 16.8 Å². The number of nitrogens with zero attached hydrogens (tertiary/aromatic N) is 2. The summed E-state index contributed by atoms with van der Waals surface area (Å²) in [5.41, 5.74) is 2.48. The molecule has 2 aromatic rings. The molecular formula is C13H13N3OS. The van der Waals surface area contributed by atoms with E-state index in [2.05, 4.69) is 18.0 Å². The maximum Gasteiger partial charge on any atom is 0.182 e. The Kier molecular flexibility index (Phi) is 3.49. The van der Waals surface area contributed by atoms with Gasteiger partial charge in [-0.15, -0.1) is 0 Å². The molecule has 2 rings (SSSR count). The molecule has 1 aromatic carbocycles. The van der Waals surface area contributed by atoms with E-state index in [-0.39, 0.29) is 0 Å². The molecule has 0 fully saturated rings. The topological polar surface area (TPSA) is 53.7 Å². The van der Waals surface area contributed by atoms with E-state index in [1.54, 1.807) is 19.2 Å². The third-order valence-electron chi connectivity index (χ3n) is 2.76. The lowest BCUT2D eigenvalue weighted by atomic mass is 10.2. The molecule has 5 heteroatoms. The van der Waals surface area contributed by atoms with Gasteiger partial charge in [0.05, 0.1) is 24.4 Å². The molecule has 0 spiro atoms. The van der Waals surface area contributed by atoms with Gasteiger partial charge >= 0.3 is 0 Å². The van der Waals surface area contributed by atoms with Crippen molar-refractivity contribution in [1.29, 1.82) is 5.26 Å². The molecular weight excluding hydrogens is 246 g/mol. The number of nitriles is 1. The van der Waals surface area contributed by atoms with Gasteiger partial charge in [-0.3, -0.25) is 4.57 Å². The highest BCUT2D eigenvalue weighted by Crippen LogP contribution is 2.26. The fourth-order valence-electron chi connectivity index (χ4n) is 1.86. The number of rotatable bonds is 3. The van der Waals surface area contributed by atoms with Crippen LogP contribution < -0.4 is 4.74 Å². The summed E-state index contributed by atoms with van der Waals surface area (Å²) in [5, 5.41) is 8.90. The highest BCUT2D eigenvalue weighted by atomic mass is 32.1. The van der Waals surface area contributed by atoms with E-state index in [1.165, 1.54) is 0 Å². The summed E-state index contributed by atoms with van der Waals surface area (Å²) in [6, 6.07) is 7.41. The van der Waals surface area contributed by atoms with Gasteiger partial charge in [0.2, 0.25) is 0 Å². The standard InChI is InChI=1S/C13H13N3OS/c1-3-10-8-15-13(18)16(10)11-5-4-9(7-14)6-12(11)17-2/h4-6,8H,3H2,1-2H3,(H,15,18). The van der Waals surface area contributed by atoms with Crippen molar-refractivity contribution < 1.29 is 4.74 Å². The van der Waals surface area contributed by atoms with Crippen LogP contribution in [0.2, 0.25) is 0 Å². The fraction of sp³-hybridized carbons (Fsp3) is 0.231. The lowest BCUT2D eigenvalue weighted by Gasteiger charge is -2.12. The predicted molar refractivity (Wildman–Crippen MR) is 71.6 cm³/mol. The molecule has 0 saturated heterocycles. The molecule has 0 atom stereocenters. The molecule has 0 radical (unpaired) electrons. The van der Waals surface area contributed by atoms with Crippen LogP contribution in [0.1, 0.15) is 18.2 Å². The van der Waals surface area contributed by atoms with Gasteiger partial charge in [-0.2, -0.15) is 5.26 Å². The summed E-state index contributed by atoms with van der Waals surface area (Å²) < 4.78 is 7.88. The first kappa shape index (κ1) is 12.4. The summed E-state index contributed by atoms with van der Waals surface area (Å²) in [6.07, 6.45) is 2.75. The van der Waals surface area contributed by atoms with E-state index in [9.17, 15) is 0 Å². The van der Waals surface area contributed by atoms with Crippen LogP contribution >= 0.6 is 12.2 Å². The fourth-order valence-corrected chi connectivity index (χ4v) is 2.14. The van der Waals surface area contributed by atoms with Crippen molar-refractivity contribution in [3.8, 4) is 17.5 Å². The number of H-pyrrole nitrogens is 1. The Balaban J connectivity index is 2.68. The van der Waals surface area contributed by atoms with Gasteiger partial charge in [-0.25, -0.2) is 0 Å². The highest BCUT2D eigenvalue weighted by Gasteiger charge is 2.10. The molecule has 18 heavy (non-hydrogen) atoms. The Morgan fingerprint density at radius 2 is 2.28 bits per heavy atom. The number of aromatic amines is 1. The van der Waals surface area contributed by atoms with Crippen molar-refractivity contribution in [3.63, 3.8) is 0 Å². The van der Waals surface area contributed by atoms with Gasteiger partial charge in [0.15, 0.2) is 4.77 Å². The average molecular weight is 259 g/mol. The maximum absolute atomic E-state index is 8.90. The van der Waals surface area contributed by atoms with Crippen LogP contribution in [-0.4, -0.2) is 16.7 Å². The molecule has 0 bridgehead atoms. The number of hydrogen-bond acceptors (Lipinski definition) is 3. The number of benzene rings is 1. The third kappa shape index (κ3) is 2.03. The number of nitrogens with one attached hydrogen (secondary N) is 1. The molecule has 0 aliphatic rings. The van der Waals surface area contributed by atoms with E-state index >= 15 is 0 Å². The molecule has 1 N–H and O–H groups in total. The zero-order valence-electron chi connectivity index (χ0n) is 10.2. The van der Waals surface area contributed by atoms with Crippen molar-refractivity contribution in [2.45, 2.75) is 13.3 Å². The summed E-state index contributed by atoms with van der Waals surface area (Å²) in [5.74, 6) is 0.638. The lowest BCUT2D eigenvalue weighted by molar-refractivity contribution is 0.412. The zero-order valence-corrected chi connectivity index (χ0v) is 11.0. The lowest BCUT2D eigenvalue weighted by Crippen LogP contribution is -2.02. The largest absolute Gasteiger partial charge is 0.495 e. The predicted octanol–water partition coefficient (Wildman–Crippen LogP) is 2.98. The molecule has 1 heterocycles. The molecule has 0 saturated carbocycles. The number of methoxy groups -OCH3 is 1. The number of ether oxygens (including phenoxy) is 1. The summed E-state index contributed by atoms with van der Waals surface area (Å²) in [7, 11) is 1.59. The molecule has 1 aromatic heterocycles. The van der Waals surface area contributed by atoms with Crippen LogP contribution in [0.25, 0.3) is 5.69 Å². The number of hydrogen-bond donors (Lipinski definition) is 1. The molecule has 0 unspecified atom stereocenters. The van der Waals surface area contributed by atoms with Gasteiger partial charge in [0.1, 0.15) is 5.75 Å². The Morgan fingerprint density at radius 1 is 1.50 bits per heavy atom. The van der Waals surface area contributed by atoms with Crippen LogP contribution in [0.3, 0.4) is 0 Å². The van der Waals surface area contributed by atoms with Crippen LogP contribution in [-0.2, 0) is 6.42 Å². The first-order valence-corrected chi connectivity index (χ1v) is 6.00. The normalized spacial score (nSPS) is 10.1. The molecule has 0 amide bonds. The van der Waals surface area contributed by atoms with Gasteiger partial charge in [-0.1, -0.05) is 6.92 Å². The van der Waals surface area contributed by atoms with Crippen molar-refractivity contribution in [1.82, 2.24) is 9.55 Å². The van der Waals surface area contributed by atoms with Crippen LogP contribution in [0, 0.1) is 16.1 Å². The SMILES string of the molecule is CCc1c[nH]c(=S)n1-c1ccc(C#N)cc1OC. The van der Waals surface area contributed by atoms with E-state index in [0.29, 0.717) is 16.1 Å². The van der Waals surface area contributed by atoms with Crippen molar-refractivity contribution in [3.05, 3.63) is 40.4 Å². The third-order valence-corrected chi connectivity index (χ3v) is 3.06. The highest BCUT2D eigenvalue weighted by molar-refractivity contribution is 7.71. The Hall–Kier alpha value is -2.06. The minimum Gasteiger partial charge on any atom is -0.495 e. The molecule has 0 aliphatic carbocycles. The van der Waals surface area contributed by atoms with Crippen molar-refractivity contribution >= 4 is 12.2 Å². The maximum atomic E-state index is 8.90. The molecule has 4 nitrogen and oxygen atoms in total. The van der Waals surface area contributed by atoms with Gasteiger partial charge < -0.3 is 9.72 Å². The second-order valence-electron chi connectivity index (χ2n) is 3.77. The molecule has 0 aliphatic heterocycles. The Morgan fingerprint density at radius 3 is 2.89 bits per heavy atom. The second-order valence-corrected chi connectivity index (χ2v) is 4.16. The number of aromatic nitrogens is 2. The van der Waals surface area contributed by atoms with Crippen molar-refractivity contribution in [2.75, 3.05) is 7.11 Å². The average Bonchev–Trinajstić information content (AvgIpc) is 2.78. The smallest absolute Gasteiger partial charge is 0.182 e. The Bertz CT molecular complexity index is 664. The summed E-state index contributed by atoms with van der Waals surface area (Å²) in [6.45, 7) is 2.06. The molecule has 92 valence electrons. The minimum absolute atomic E-state index is 0.565. The second kappa shape index (κ2) is 5.07. The van der Waals surface area contributed by atoms with E-state index < -0.39 is 0 Å². The number of imidazole rings is 1. The van der Waals surface area contributed by atoms with E-state index in [4.69, 9.17) is 22.2 Å². The minimum atomic E-state index is 0.565. The van der Waals surface area contributed by atoms with Gasteiger partial charge in [0.25, 0.3) is 0 Å². The summed E-state index contributed by atoms with van der Waals surface area (Å²) in [4.78, 5) is 3.02. The monoisotopic (exact) mass is 259 g/mol. The first-order valence-electron chi connectivity index (χ1n) is 5.59. The first-order chi connectivity index (χ1) is 8.71. The summed E-state index contributed by atoms with van der Waals surface area (Å²) >= 11 is 5.28.